The number of hydrogen-bond acceptors (Lipinski definition) is 1. The minimum atomic E-state index is 0.191. The van der Waals surface area contributed by atoms with Gasteiger partial charge in [-0.2, -0.15) is 0 Å². The quantitative estimate of drug-likeness (QED) is 0.123. The highest BCUT2D eigenvalue weighted by Gasteiger charge is 2.16. The molecule has 0 saturated carbocycles. The van der Waals surface area contributed by atoms with Gasteiger partial charge in [0.25, 0.3) is 0 Å². The summed E-state index contributed by atoms with van der Waals surface area (Å²) in [5.41, 5.74) is 17.9. The Kier molecular flexibility index (Phi) is 8.90. The van der Waals surface area contributed by atoms with E-state index in [2.05, 4.69) is 178 Å². The molecule has 0 fully saturated rings. The third-order valence-corrected chi connectivity index (χ3v) is 11.7. The molecule has 11 rings (SSSR count). The van der Waals surface area contributed by atoms with Crippen molar-refractivity contribution < 1.29 is 0 Å². The highest BCUT2D eigenvalue weighted by atomic mass is 15.4. The van der Waals surface area contributed by atoms with Crippen molar-refractivity contribution in [3.05, 3.63) is 236 Å². The Hall–Kier alpha value is -8.28. The lowest BCUT2D eigenvalue weighted by Gasteiger charge is -2.15. The SMILES string of the molecule is N=C(N=C(Nn1c2ccccc2c2cc(-c3ccc(-c4ccc(-c5ccc6c(c5)c5ccccc5n6-c5ccccc5)cc4)cc3)ccc21)c1ccccc1)c1ccccc1. The first-order valence-electron chi connectivity index (χ1n) is 20.5. The summed E-state index contributed by atoms with van der Waals surface area (Å²) >= 11 is 0. The molecule has 5 nitrogen and oxygen atoms in total. The van der Waals surface area contributed by atoms with Crippen LogP contribution in [0.25, 0.3) is 82.7 Å². The summed E-state index contributed by atoms with van der Waals surface area (Å²) in [6.45, 7) is 0. The summed E-state index contributed by atoms with van der Waals surface area (Å²) in [4.78, 5) is 4.82. The van der Waals surface area contributed by atoms with E-state index in [0.717, 1.165) is 44.1 Å². The Bertz CT molecular complexity index is 3420. The van der Waals surface area contributed by atoms with Crippen molar-refractivity contribution in [1.82, 2.24) is 9.24 Å². The second-order valence-electron chi connectivity index (χ2n) is 15.3. The zero-order valence-electron chi connectivity index (χ0n) is 33.2. The molecule has 9 aromatic carbocycles. The van der Waals surface area contributed by atoms with Crippen LogP contribution >= 0.6 is 0 Å². The number of fused-ring (bicyclic) bond motifs is 6. The minimum absolute atomic E-state index is 0.191. The maximum Gasteiger partial charge on any atom is 0.154 e. The summed E-state index contributed by atoms with van der Waals surface area (Å²) in [5.74, 6) is 0.786. The summed E-state index contributed by atoms with van der Waals surface area (Å²) in [6, 6.07) is 78.6. The van der Waals surface area contributed by atoms with Crippen LogP contribution in [-0.2, 0) is 0 Å². The Morgan fingerprint density at radius 2 is 0.754 bits per heavy atom. The largest absolute Gasteiger partial charge is 0.309 e. The Balaban J connectivity index is 0.887. The molecule has 0 radical (unpaired) electrons. The number of amidine groups is 2. The van der Waals surface area contributed by atoms with Crippen molar-refractivity contribution in [1.29, 1.82) is 5.41 Å². The van der Waals surface area contributed by atoms with Crippen LogP contribution in [0.2, 0.25) is 0 Å². The van der Waals surface area contributed by atoms with Crippen LogP contribution in [0.15, 0.2) is 229 Å². The van der Waals surface area contributed by atoms with Crippen LogP contribution in [0.5, 0.6) is 0 Å². The number of aliphatic imine (C=N–C) groups is 1. The van der Waals surface area contributed by atoms with E-state index >= 15 is 0 Å². The molecular weight excluding hydrogens is 743 g/mol. The van der Waals surface area contributed by atoms with Gasteiger partial charge in [-0.05, 0) is 81.9 Å². The second kappa shape index (κ2) is 15.1. The fraction of sp³-hybridized carbons (Fsp3) is 0. The van der Waals surface area contributed by atoms with Gasteiger partial charge in [0.05, 0.1) is 22.1 Å². The zero-order valence-corrected chi connectivity index (χ0v) is 33.2. The van der Waals surface area contributed by atoms with Gasteiger partial charge in [-0.15, -0.1) is 0 Å². The molecule has 2 heterocycles. The molecule has 0 aliphatic carbocycles. The van der Waals surface area contributed by atoms with E-state index in [1.54, 1.807) is 0 Å². The molecule has 61 heavy (non-hydrogen) atoms. The molecule has 288 valence electrons. The van der Waals surface area contributed by atoms with Gasteiger partial charge in [-0.25, -0.2) is 4.99 Å². The van der Waals surface area contributed by atoms with Crippen LogP contribution in [0, 0.1) is 5.41 Å². The maximum absolute atomic E-state index is 8.84. The van der Waals surface area contributed by atoms with Crippen LogP contribution in [-0.4, -0.2) is 20.9 Å². The number of para-hydroxylation sites is 3. The first kappa shape index (κ1) is 35.8. The number of nitrogens with one attached hydrogen (secondary N) is 2. The van der Waals surface area contributed by atoms with E-state index in [0.29, 0.717) is 5.84 Å². The van der Waals surface area contributed by atoms with Crippen LogP contribution in [0.3, 0.4) is 0 Å². The Morgan fingerprint density at radius 1 is 0.361 bits per heavy atom. The smallest absolute Gasteiger partial charge is 0.154 e. The van der Waals surface area contributed by atoms with Gasteiger partial charge >= 0.3 is 0 Å². The van der Waals surface area contributed by atoms with Crippen LogP contribution < -0.4 is 5.43 Å². The number of hydrogen-bond donors (Lipinski definition) is 2. The number of aromatic nitrogens is 2. The van der Waals surface area contributed by atoms with E-state index in [-0.39, 0.29) is 5.84 Å². The number of nitrogens with zero attached hydrogens (tertiary/aromatic N) is 3. The predicted octanol–water partition coefficient (Wildman–Crippen LogP) is 13.9. The van der Waals surface area contributed by atoms with Gasteiger partial charge in [0.2, 0.25) is 0 Å². The van der Waals surface area contributed by atoms with E-state index in [1.807, 2.05) is 60.7 Å². The van der Waals surface area contributed by atoms with E-state index in [1.165, 1.54) is 49.7 Å². The Morgan fingerprint density at radius 3 is 1.34 bits per heavy atom. The third kappa shape index (κ3) is 6.55. The summed E-state index contributed by atoms with van der Waals surface area (Å²) in [6.07, 6.45) is 0. The number of benzene rings is 9. The van der Waals surface area contributed by atoms with Gasteiger partial charge in [-0.1, -0.05) is 176 Å². The molecule has 0 aliphatic rings. The van der Waals surface area contributed by atoms with Crippen molar-refractivity contribution in [2.24, 2.45) is 4.99 Å². The van der Waals surface area contributed by atoms with Gasteiger partial charge in [-0.3, -0.25) is 15.5 Å². The fourth-order valence-electron chi connectivity index (χ4n) is 8.62. The molecule has 0 saturated heterocycles. The topological polar surface area (TPSA) is 58.1 Å². The molecule has 0 bridgehead atoms. The van der Waals surface area contributed by atoms with Gasteiger partial charge in [0.1, 0.15) is 0 Å². The first-order chi connectivity index (χ1) is 30.2. The molecule has 0 atom stereocenters. The van der Waals surface area contributed by atoms with E-state index < -0.39 is 0 Å². The molecular formula is C56H39N5. The van der Waals surface area contributed by atoms with Gasteiger partial charge in [0, 0.05) is 38.4 Å². The summed E-state index contributed by atoms with van der Waals surface area (Å²) in [7, 11) is 0. The van der Waals surface area contributed by atoms with Gasteiger partial charge in [0.15, 0.2) is 11.7 Å². The molecule has 0 unspecified atom stereocenters. The summed E-state index contributed by atoms with van der Waals surface area (Å²) < 4.78 is 4.45. The molecule has 0 spiro atoms. The molecule has 2 N–H and O–H groups in total. The molecule has 0 aliphatic heterocycles. The minimum Gasteiger partial charge on any atom is -0.309 e. The first-order valence-corrected chi connectivity index (χ1v) is 20.5. The highest BCUT2D eigenvalue weighted by Crippen LogP contribution is 2.36. The monoisotopic (exact) mass is 781 g/mol. The lowest BCUT2D eigenvalue weighted by atomic mass is 9.97. The standard InChI is InChI=1S/C56H39N5/c57-55(42-14-4-1-5-15-42)58-56(43-16-6-2-7-17-43)59-61-53-23-13-11-21-48(53)50-37-45(33-35-54(50)61)41-30-26-39(27-31-41)38-24-28-40(29-25-38)44-32-34-52-49(36-44)47-20-10-12-22-51(47)60(52)46-18-8-3-9-19-46/h1-37H,(H2,57,58,59). The lowest BCUT2D eigenvalue weighted by Crippen LogP contribution is -2.25. The maximum atomic E-state index is 8.84. The average molecular weight is 782 g/mol. The third-order valence-electron chi connectivity index (χ3n) is 11.7. The van der Waals surface area contributed by atoms with Crippen molar-refractivity contribution in [2.75, 3.05) is 5.43 Å². The fourth-order valence-corrected chi connectivity index (χ4v) is 8.62. The van der Waals surface area contributed by atoms with Crippen LogP contribution in [0.1, 0.15) is 11.1 Å². The van der Waals surface area contributed by atoms with Crippen LogP contribution in [0.4, 0.5) is 0 Å². The zero-order chi connectivity index (χ0) is 40.7. The van der Waals surface area contributed by atoms with Crippen molar-refractivity contribution >= 4 is 55.3 Å². The van der Waals surface area contributed by atoms with E-state index in [4.69, 9.17) is 10.4 Å². The lowest BCUT2D eigenvalue weighted by molar-refractivity contribution is 1.08. The highest BCUT2D eigenvalue weighted by molar-refractivity contribution is 6.16. The van der Waals surface area contributed by atoms with Crippen molar-refractivity contribution in [2.45, 2.75) is 0 Å². The Labute approximate surface area is 353 Å². The molecule has 2 aromatic heterocycles. The average Bonchev–Trinajstić information content (AvgIpc) is 3.84. The van der Waals surface area contributed by atoms with Gasteiger partial charge < -0.3 is 4.57 Å². The predicted molar refractivity (Wildman–Crippen MR) is 256 cm³/mol. The van der Waals surface area contributed by atoms with Crippen molar-refractivity contribution in [3.8, 4) is 39.1 Å². The molecule has 0 amide bonds. The number of rotatable bonds is 7. The molecule has 11 aromatic rings. The van der Waals surface area contributed by atoms with E-state index in [9.17, 15) is 0 Å². The van der Waals surface area contributed by atoms with Crippen molar-refractivity contribution in [3.63, 3.8) is 0 Å². The molecule has 5 heteroatoms. The second-order valence-corrected chi connectivity index (χ2v) is 15.3. The normalized spacial score (nSPS) is 11.8. The summed E-state index contributed by atoms with van der Waals surface area (Å²) in [5, 5.41) is 13.6.